The number of halogens is 3. The Hall–Kier alpha value is -3.53. The number of nitrogens with one attached hydrogen (secondary N) is 1. The average Bonchev–Trinajstić information content (AvgIpc) is 2.73. The van der Waals surface area contributed by atoms with E-state index in [2.05, 4.69) is 9.46 Å². The Morgan fingerprint density at radius 2 is 1.53 bits per heavy atom. The van der Waals surface area contributed by atoms with Gasteiger partial charge in [0, 0.05) is 5.69 Å². The predicted octanol–water partition coefficient (Wildman–Crippen LogP) is 5.31. The quantitative estimate of drug-likeness (QED) is 0.493. The van der Waals surface area contributed by atoms with Gasteiger partial charge in [0.25, 0.3) is 10.0 Å². The number of carboxylic acid groups (broad SMARTS) is 1. The minimum atomic E-state index is -4.78. The number of hydrogen-bond acceptors (Lipinski definition) is 4. The number of benzene rings is 3. The van der Waals surface area contributed by atoms with Crippen molar-refractivity contribution in [3.8, 4) is 16.9 Å². The lowest BCUT2D eigenvalue weighted by molar-refractivity contribution is -0.274. The lowest BCUT2D eigenvalue weighted by Gasteiger charge is -2.12. The summed E-state index contributed by atoms with van der Waals surface area (Å²) in [5.74, 6) is -1.56. The van der Waals surface area contributed by atoms with Gasteiger partial charge in [-0.1, -0.05) is 37.3 Å². The molecule has 0 unspecified atom stereocenters. The predicted molar refractivity (Wildman–Crippen MR) is 112 cm³/mol. The third-order valence-corrected chi connectivity index (χ3v) is 5.94. The maximum Gasteiger partial charge on any atom is 0.573 e. The molecule has 6 nitrogen and oxygen atoms in total. The highest BCUT2D eigenvalue weighted by atomic mass is 32.2. The molecule has 168 valence electrons. The van der Waals surface area contributed by atoms with Crippen LogP contribution in [-0.2, 0) is 16.4 Å². The van der Waals surface area contributed by atoms with Crippen LogP contribution in [0.3, 0.4) is 0 Å². The van der Waals surface area contributed by atoms with Crippen LogP contribution in [0.2, 0.25) is 0 Å². The van der Waals surface area contributed by atoms with E-state index in [0.717, 1.165) is 6.07 Å². The van der Waals surface area contributed by atoms with Gasteiger partial charge in [-0.25, -0.2) is 13.2 Å². The van der Waals surface area contributed by atoms with Gasteiger partial charge in [0.05, 0.1) is 10.5 Å². The lowest BCUT2D eigenvalue weighted by atomic mass is 10.1. The largest absolute Gasteiger partial charge is 0.573 e. The molecule has 32 heavy (non-hydrogen) atoms. The number of hydrogen-bond donors (Lipinski definition) is 2. The number of alkyl halides is 3. The number of aryl methyl sites for hydroxylation is 1. The van der Waals surface area contributed by atoms with Crippen molar-refractivity contribution in [1.82, 2.24) is 0 Å². The zero-order valence-electron chi connectivity index (χ0n) is 16.7. The molecular weight excluding hydrogens is 447 g/mol. The Kier molecular flexibility index (Phi) is 6.45. The summed E-state index contributed by atoms with van der Waals surface area (Å²) < 4.78 is 68.3. The average molecular weight is 465 g/mol. The molecule has 3 aromatic carbocycles. The Bertz CT molecular complexity index is 1220. The van der Waals surface area contributed by atoms with Crippen LogP contribution < -0.4 is 9.46 Å². The highest BCUT2D eigenvalue weighted by Crippen LogP contribution is 2.28. The number of ether oxygens (including phenoxy) is 1. The van der Waals surface area contributed by atoms with Gasteiger partial charge in [0.15, 0.2) is 0 Å². The van der Waals surface area contributed by atoms with Crippen molar-refractivity contribution < 1.29 is 36.2 Å². The van der Waals surface area contributed by atoms with Crippen LogP contribution in [0.4, 0.5) is 18.9 Å². The molecule has 0 aliphatic rings. The highest BCUT2D eigenvalue weighted by Gasteiger charge is 2.31. The summed E-state index contributed by atoms with van der Waals surface area (Å²) in [6.45, 7) is 1.77. The first-order chi connectivity index (χ1) is 15.0. The SMILES string of the molecule is CCc1ccc(S(=O)(=O)Nc2ccc(-c3ccc(OC(F)(F)F)cc3)cc2)cc1C(=O)O. The number of anilines is 1. The van der Waals surface area contributed by atoms with E-state index < -0.39 is 22.4 Å². The summed E-state index contributed by atoms with van der Waals surface area (Å²) >= 11 is 0. The summed E-state index contributed by atoms with van der Waals surface area (Å²) in [6, 6.07) is 15.4. The summed E-state index contributed by atoms with van der Waals surface area (Å²) in [5.41, 5.74) is 1.93. The fourth-order valence-corrected chi connectivity index (χ4v) is 4.11. The van der Waals surface area contributed by atoms with Crippen LogP contribution in [-0.4, -0.2) is 25.9 Å². The zero-order valence-corrected chi connectivity index (χ0v) is 17.5. The van der Waals surface area contributed by atoms with Gasteiger partial charge in [-0.15, -0.1) is 13.2 Å². The molecule has 0 saturated carbocycles. The van der Waals surface area contributed by atoms with Gasteiger partial charge in [0.2, 0.25) is 0 Å². The van der Waals surface area contributed by atoms with E-state index in [1.165, 1.54) is 48.5 Å². The van der Waals surface area contributed by atoms with Crippen molar-refractivity contribution in [3.63, 3.8) is 0 Å². The highest BCUT2D eigenvalue weighted by molar-refractivity contribution is 7.92. The second-order valence-electron chi connectivity index (χ2n) is 6.73. The van der Waals surface area contributed by atoms with Crippen LogP contribution in [0.5, 0.6) is 5.75 Å². The molecule has 2 N–H and O–H groups in total. The van der Waals surface area contributed by atoms with Gasteiger partial charge >= 0.3 is 12.3 Å². The molecule has 10 heteroatoms. The summed E-state index contributed by atoms with van der Waals surface area (Å²) in [4.78, 5) is 11.2. The van der Waals surface area contributed by atoms with E-state index in [-0.39, 0.29) is 21.9 Å². The molecule has 0 aliphatic carbocycles. The standard InChI is InChI=1S/C22H18F3NO5S/c1-2-14-7-12-19(13-20(14)21(27)28)32(29,30)26-17-8-3-15(4-9-17)16-5-10-18(11-6-16)31-22(23,24)25/h3-13,26H,2H2,1H3,(H,27,28). The van der Waals surface area contributed by atoms with Crippen LogP contribution in [0.25, 0.3) is 11.1 Å². The lowest BCUT2D eigenvalue weighted by Crippen LogP contribution is -2.16. The second-order valence-corrected chi connectivity index (χ2v) is 8.42. The fourth-order valence-electron chi connectivity index (χ4n) is 3.02. The third kappa shape index (κ3) is 5.58. The number of carbonyl (C=O) groups is 1. The third-order valence-electron chi connectivity index (χ3n) is 4.56. The van der Waals surface area contributed by atoms with Crippen LogP contribution in [0, 0.1) is 0 Å². The monoisotopic (exact) mass is 465 g/mol. The van der Waals surface area contributed by atoms with Crippen LogP contribution in [0.1, 0.15) is 22.8 Å². The molecule has 0 radical (unpaired) electrons. The van der Waals surface area contributed by atoms with E-state index in [1.807, 2.05) is 0 Å². The summed E-state index contributed by atoms with van der Waals surface area (Å²) in [7, 11) is -4.03. The Balaban J connectivity index is 1.78. The van der Waals surface area contributed by atoms with E-state index in [0.29, 0.717) is 23.1 Å². The van der Waals surface area contributed by atoms with Gasteiger partial charge in [-0.05, 0) is 59.5 Å². The topological polar surface area (TPSA) is 92.7 Å². The Morgan fingerprint density at radius 1 is 0.969 bits per heavy atom. The van der Waals surface area contributed by atoms with E-state index in [9.17, 15) is 31.5 Å². The molecular formula is C22H18F3NO5S. The van der Waals surface area contributed by atoms with Crippen molar-refractivity contribution in [1.29, 1.82) is 0 Å². The fraction of sp³-hybridized carbons (Fsp3) is 0.136. The molecule has 3 rings (SSSR count). The second kappa shape index (κ2) is 8.91. The molecule has 0 saturated heterocycles. The maximum atomic E-state index is 12.7. The smallest absolute Gasteiger partial charge is 0.478 e. The minimum Gasteiger partial charge on any atom is -0.478 e. The molecule has 0 atom stereocenters. The van der Waals surface area contributed by atoms with E-state index >= 15 is 0 Å². The van der Waals surface area contributed by atoms with Gasteiger partial charge in [-0.3, -0.25) is 4.72 Å². The molecule has 0 fully saturated rings. The van der Waals surface area contributed by atoms with Gasteiger partial charge in [0.1, 0.15) is 5.75 Å². The maximum absolute atomic E-state index is 12.7. The van der Waals surface area contributed by atoms with Crippen molar-refractivity contribution in [2.24, 2.45) is 0 Å². The molecule has 0 bridgehead atoms. The van der Waals surface area contributed by atoms with Gasteiger partial charge < -0.3 is 9.84 Å². The molecule has 3 aromatic rings. The number of sulfonamides is 1. The Morgan fingerprint density at radius 3 is 2.03 bits per heavy atom. The van der Waals surface area contributed by atoms with Gasteiger partial charge in [-0.2, -0.15) is 0 Å². The van der Waals surface area contributed by atoms with Crippen LogP contribution in [0.15, 0.2) is 71.6 Å². The molecule has 0 spiro atoms. The normalized spacial score (nSPS) is 11.8. The molecule has 0 amide bonds. The van der Waals surface area contributed by atoms with Crippen LogP contribution >= 0.6 is 0 Å². The first-order valence-electron chi connectivity index (χ1n) is 9.34. The van der Waals surface area contributed by atoms with E-state index in [1.54, 1.807) is 19.1 Å². The number of carboxylic acids is 1. The Labute approximate surface area is 182 Å². The minimum absolute atomic E-state index is 0.0799. The first-order valence-corrected chi connectivity index (χ1v) is 10.8. The number of aromatic carboxylic acids is 1. The van der Waals surface area contributed by atoms with Crippen molar-refractivity contribution >= 4 is 21.7 Å². The zero-order chi connectivity index (χ0) is 23.5. The summed E-state index contributed by atoms with van der Waals surface area (Å²) in [5, 5.41) is 9.31. The number of rotatable bonds is 7. The van der Waals surface area contributed by atoms with Crippen molar-refractivity contribution in [2.75, 3.05) is 4.72 Å². The van der Waals surface area contributed by atoms with E-state index in [4.69, 9.17) is 0 Å². The molecule has 0 aromatic heterocycles. The summed E-state index contributed by atoms with van der Waals surface area (Å²) in [6.07, 6.45) is -4.33. The van der Waals surface area contributed by atoms with Crippen molar-refractivity contribution in [3.05, 3.63) is 77.9 Å². The van der Waals surface area contributed by atoms with Crippen molar-refractivity contribution in [2.45, 2.75) is 24.6 Å². The molecule has 0 heterocycles. The first kappa shape index (κ1) is 23.1. The molecule has 0 aliphatic heterocycles.